The minimum absolute atomic E-state index is 0.293. The Morgan fingerprint density at radius 3 is 2.38 bits per heavy atom. The number of ether oxygens (including phenoxy) is 3. The molecule has 0 fully saturated rings. The van der Waals surface area contributed by atoms with E-state index < -0.39 is 0 Å². The molecule has 0 bridgehead atoms. The van der Waals surface area contributed by atoms with E-state index in [0.717, 1.165) is 0 Å². The topological polar surface area (TPSA) is 120 Å². The molecule has 3 aromatic rings. The van der Waals surface area contributed by atoms with Crippen molar-refractivity contribution in [1.82, 2.24) is 15.0 Å². The average molecular weight is 436 g/mol. The third kappa shape index (κ3) is 6.41. The Kier molecular flexibility index (Phi) is 7.93. The van der Waals surface area contributed by atoms with Gasteiger partial charge in [-0.2, -0.15) is 4.98 Å². The number of nitrogens with zero attached hydrogens (tertiary/aromatic N) is 3. The van der Waals surface area contributed by atoms with Gasteiger partial charge in [-0.3, -0.25) is 4.79 Å². The van der Waals surface area contributed by atoms with Crippen molar-refractivity contribution in [3.8, 4) is 11.5 Å². The number of aromatic nitrogens is 3. The van der Waals surface area contributed by atoms with Gasteiger partial charge in [0.1, 0.15) is 12.9 Å². The first-order valence-electron chi connectivity index (χ1n) is 9.67. The van der Waals surface area contributed by atoms with Crippen LogP contribution in [-0.2, 0) is 9.53 Å². The van der Waals surface area contributed by atoms with E-state index in [1.165, 1.54) is 12.4 Å². The van der Waals surface area contributed by atoms with Crippen molar-refractivity contribution in [2.75, 3.05) is 43.4 Å². The summed E-state index contributed by atoms with van der Waals surface area (Å²) in [5, 5.41) is 8.91. The van der Waals surface area contributed by atoms with Crippen LogP contribution < -0.4 is 25.4 Å². The van der Waals surface area contributed by atoms with Crippen LogP contribution in [0.15, 0.2) is 61.4 Å². The lowest BCUT2D eigenvalue weighted by molar-refractivity contribution is -0.111. The summed E-state index contributed by atoms with van der Waals surface area (Å²) in [4.78, 5) is 24.2. The quantitative estimate of drug-likeness (QED) is 0.306. The zero-order valence-corrected chi connectivity index (χ0v) is 17.8. The zero-order chi connectivity index (χ0) is 22.8. The summed E-state index contributed by atoms with van der Waals surface area (Å²) in [7, 11) is 3.19. The first-order chi connectivity index (χ1) is 15.6. The van der Waals surface area contributed by atoms with Crippen molar-refractivity contribution < 1.29 is 19.0 Å². The molecule has 32 heavy (non-hydrogen) atoms. The average Bonchev–Trinajstić information content (AvgIpc) is 2.80. The van der Waals surface area contributed by atoms with Crippen molar-refractivity contribution in [1.29, 1.82) is 0 Å². The highest BCUT2D eigenvalue weighted by molar-refractivity contribution is 5.99. The van der Waals surface area contributed by atoms with E-state index in [0.29, 0.717) is 53.7 Å². The fourth-order valence-electron chi connectivity index (χ4n) is 2.65. The highest BCUT2D eigenvalue weighted by Crippen LogP contribution is 2.31. The van der Waals surface area contributed by atoms with E-state index in [1.807, 2.05) is 12.1 Å². The molecule has 1 aromatic heterocycles. The van der Waals surface area contributed by atoms with Crippen LogP contribution in [0.1, 0.15) is 0 Å². The number of rotatable bonds is 11. The second-order valence-electron chi connectivity index (χ2n) is 6.36. The third-order valence-electron chi connectivity index (χ3n) is 4.11. The smallest absolute Gasteiger partial charge is 0.247 e. The molecule has 0 radical (unpaired) electrons. The lowest BCUT2D eigenvalue weighted by atomic mass is 10.2. The first kappa shape index (κ1) is 22.5. The molecule has 0 atom stereocenters. The van der Waals surface area contributed by atoms with Gasteiger partial charge in [-0.25, -0.2) is 9.97 Å². The highest BCUT2D eigenvalue weighted by atomic mass is 16.5. The lowest BCUT2D eigenvalue weighted by Gasteiger charge is -2.13. The predicted molar refractivity (Wildman–Crippen MR) is 122 cm³/mol. The monoisotopic (exact) mass is 436 g/mol. The van der Waals surface area contributed by atoms with E-state index >= 15 is 0 Å². The molecular weight excluding hydrogens is 412 g/mol. The summed E-state index contributed by atoms with van der Waals surface area (Å²) < 4.78 is 16.1. The molecular formula is C22H24N6O4. The van der Waals surface area contributed by atoms with E-state index in [4.69, 9.17) is 14.2 Å². The van der Waals surface area contributed by atoms with Crippen LogP contribution in [0.4, 0.5) is 29.0 Å². The van der Waals surface area contributed by atoms with Crippen LogP contribution in [0.25, 0.3) is 0 Å². The van der Waals surface area contributed by atoms with E-state index in [2.05, 4.69) is 37.5 Å². The fourth-order valence-corrected chi connectivity index (χ4v) is 2.65. The molecule has 0 unspecified atom stereocenters. The van der Waals surface area contributed by atoms with Crippen molar-refractivity contribution in [3.05, 3.63) is 61.4 Å². The van der Waals surface area contributed by atoms with Gasteiger partial charge in [0.2, 0.25) is 17.8 Å². The zero-order valence-electron chi connectivity index (χ0n) is 17.8. The minimum atomic E-state index is -0.293. The van der Waals surface area contributed by atoms with Crippen molar-refractivity contribution >= 4 is 34.9 Å². The standard InChI is InChI=1S/C22H24N6O4/c1-4-20(29)25-15-6-5-7-16(12-15)26-21-23-14-24-22(28-21)27-17-8-9-18(31-3)19(13-17)32-11-10-30-2/h4-9,12-14H,1,10-11H2,2-3H3,(H,25,29)(H2,23,24,26,27,28). The number of hydrogen-bond acceptors (Lipinski definition) is 9. The first-order valence-corrected chi connectivity index (χ1v) is 9.67. The number of carbonyl (C=O) groups is 1. The van der Waals surface area contributed by atoms with Crippen LogP contribution in [0.5, 0.6) is 11.5 Å². The fraction of sp³-hybridized carbons (Fsp3) is 0.182. The maximum absolute atomic E-state index is 11.5. The Bertz CT molecular complexity index is 1080. The Morgan fingerprint density at radius 2 is 1.69 bits per heavy atom. The number of nitrogens with one attached hydrogen (secondary N) is 3. The van der Waals surface area contributed by atoms with Gasteiger partial charge < -0.3 is 30.2 Å². The Balaban J connectivity index is 1.71. The van der Waals surface area contributed by atoms with E-state index in [-0.39, 0.29) is 5.91 Å². The lowest BCUT2D eigenvalue weighted by Crippen LogP contribution is -2.07. The summed E-state index contributed by atoms with van der Waals surface area (Å²) >= 11 is 0. The largest absolute Gasteiger partial charge is 0.493 e. The molecule has 0 aliphatic rings. The molecule has 10 heteroatoms. The Labute approximate surface area is 185 Å². The maximum atomic E-state index is 11.5. The van der Waals surface area contributed by atoms with Gasteiger partial charge in [0.05, 0.1) is 13.7 Å². The van der Waals surface area contributed by atoms with Crippen molar-refractivity contribution in [2.24, 2.45) is 0 Å². The van der Waals surface area contributed by atoms with E-state index in [1.54, 1.807) is 44.6 Å². The molecule has 1 amide bonds. The van der Waals surface area contributed by atoms with Gasteiger partial charge in [0, 0.05) is 30.2 Å². The molecule has 0 saturated carbocycles. The molecule has 0 saturated heterocycles. The van der Waals surface area contributed by atoms with Crippen LogP contribution >= 0.6 is 0 Å². The molecule has 3 N–H and O–H groups in total. The normalized spacial score (nSPS) is 10.2. The molecule has 10 nitrogen and oxygen atoms in total. The summed E-state index contributed by atoms with van der Waals surface area (Å²) in [5.74, 6) is 1.55. The van der Waals surface area contributed by atoms with Crippen LogP contribution in [-0.4, -0.2) is 48.3 Å². The van der Waals surface area contributed by atoms with E-state index in [9.17, 15) is 4.79 Å². The van der Waals surface area contributed by atoms with Gasteiger partial charge in [-0.15, -0.1) is 0 Å². The Hall–Kier alpha value is -4.18. The summed E-state index contributed by atoms with van der Waals surface area (Å²) in [5.41, 5.74) is 2.03. The summed E-state index contributed by atoms with van der Waals surface area (Å²) in [6.07, 6.45) is 2.60. The molecule has 1 heterocycles. The summed E-state index contributed by atoms with van der Waals surface area (Å²) in [6.45, 7) is 4.29. The molecule has 0 spiro atoms. The van der Waals surface area contributed by atoms with Gasteiger partial charge >= 0.3 is 0 Å². The van der Waals surface area contributed by atoms with Gasteiger partial charge in [0.25, 0.3) is 0 Å². The number of amides is 1. The third-order valence-corrected chi connectivity index (χ3v) is 4.11. The maximum Gasteiger partial charge on any atom is 0.247 e. The van der Waals surface area contributed by atoms with Crippen LogP contribution in [0.3, 0.4) is 0 Å². The number of hydrogen-bond donors (Lipinski definition) is 3. The molecule has 2 aromatic carbocycles. The number of methoxy groups -OCH3 is 2. The van der Waals surface area contributed by atoms with Gasteiger partial charge in [0.15, 0.2) is 11.5 Å². The van der Waals surface area contributed by atoms with Crippen molar-refractivity contribution in [3.63, 3.8) is 0 Å². The number of anilines is 5. The highest BCUT2D eigenvalue weighted by Gasteiger charge is 2.08. The molecule has 166 valence electrons. The van der Waals surface area contributed by atoms with Crippen LogP contribution in [0.2, 0.25) is 0 Å². The SMILES string of the molecule is C=CC(=O)Nc1cccc(Nc2ncnc(Nc3ccc(OC)c(OCCOC)c3)n2)c1. The second kappa shape index (κ2) is 11.3. The number of benzene rings is 2. The number of carbonyl (C=O) groups excluding carboxylic acids is 1. The van der Waals surface area contributed by atoms with Gasteiger partial charge in [-0.05, 0) is 36.4 Å². The molecule has 0 aliphatic heterocycles. The van der Waals surface area contributed by atoms with Gasteiger partial charge in [-0.1, -0.05) is 12.6 Å². The Morgan fingerprint density at radius 1 is 0.969 bits per heavy atom. The predicted octanol–water partition coefficient (Wildman–Crippen LogP) is 3.52. The summed E-state index contributed by atoms with van der Waals surface area (Å²) in [6, 6.07) is 12.5. The second-order valence-corrected chi connectivity index (χ2v) is 6.36. The van der Waals surface area contributed by atoms with Crippen molar-refractivity contribution in [2.45, 2.75) is 0 Å². The van der Waals surface area contributed by atoms with Crippen LogP contribution in [0, 0.1) is 0 Å². The molecule has 0 aliphatic carbocycles. The minimum Gasteiger partial charge on any atom is -0.493 e. The molecule has 3 rings (SSSR count).